The molecule has 3 N–H and O–H groups in total. The maximum absolute atomic E-state index is 14.7. The van der Waals surface area contributed by atoms with Crippen molar-refractivity contribution < 1.29 is 14.0 Å². The van der Waals surface area contributed by atoms with Gasteiger partial charge in [-0.05, 0) is 37.1 Å². The van der Waals surface area contributed by atoms with Gasteiger partial charge in [-0.3, -0.25) is 9.80 Å². The number of urea groups is 2. The van der Waals surface area contributed by atoms with E-state index in [-0.39, 0.29) is 24.3 Å². The minimum atomic E-state index is -0.581. The van der Waals surface area contributed by atoms with Crippen LogP contribution < -0.4 is 25.8 Å². The van der Waals surface area contributed by atoms with E-state index < -0.39 is 11.8 Å². The first-order chi connectivity index (χ1) is 16.3. The number of fused-ring (bicyclic) bond motifs is 1. The van der Waals surface area contributed by atoms with Crippen molar-refractivity contribution in [2.45, 2.75) is 26.4 Å². The van der Waals surface area contributed by atoms with Gasteiger partial charge in [-0.15, -0.1) is 0 Å². The van der Waals surface area contributed by atoms with Crippen LogP contribution in [0.1, 0.15) is 29.7 Å². The lowest BCUT2D eigenvalue weighted by Crippen LogP contribution is -2.45. The number of hydrogen-bond donors (Lipinski definition) is 3. The van der Waals surface area contributed by atoms with Crippen LogP contribution in [0.3, 0.4) is 0 Å². The van der Waals surface area contributed by atoms with Gasteiger partial charge in [0.25, 0.3) is 0 Å². The molecule has 3 aromatic rings. The Morgan fingerprint density at radius 1 is 1.15 bits per heavy atom. The second-order valence-corrected chi connectivity index (χ2v) is 8.23. The van der Waals surface area contributed by atoms with Crippen LogP contribution in [0, 0.1) is 12.7 Å². The van der Waals surface area contributed by atoms with Gasteiger partial charge < -0.3 is 16.0 Å². The van der Waals surface area contributed by atoms with E-state index in [4.69, 9.17) is 0 Å². The summed E-state index contributed by atoms with van der Waals surface area (Å²) in [6.07, 6.45) is 1.72. The van der Waals surface area contributed by atoms with Crippen molar-refractivity contribution in [3.63, 3.8) is 0 Å². The summed E-state index contributed by atoms with van der Waals surface area (Å²) in [5.74, 6) is 0.0781. The standard InChI is InChI=1S/C25H27FN6O2/c1-15-10-19(26)20(30-24(33)29-16(2)17-8-6-5-7-9-17)11-21(15)32-14-18-13-28-23(27-3)12-22(18)31(4)25(32)34/h5-13,16H,14H2,1-4H3,(H,27,28)(H2,29,30,33)/t16-/m0/s1. The topological polar surface area (TPSA) is 89.6 Å². The molecular weight excluding hydrogens is 435 g/mol. The molecule has 4 rings (SSSR count). The largest absolute Gasteiger partial charge is 0.373 e. The predicted octanol–water partition coefficient (Wildman–Crippen LogP) is 5.03. The molecule has 0 saturated heterocycles. The average molecular weight is 463 g/mol. The predicted molar refractivity (Wildman–Crippen MR) is 132 cm³/mol. The van der Waals surface area contributed by atoms with Crippen molar-refractivity contribution in [2.75, 3.05) is 34.5 Å². The maximum atomic E-state index is 14.7. The minimum Gasteiger partial charge on any atom is -0.373 e. The van der Waals surface area contributed by atoms with E-state index in [1.165, 1.54) is 17.0 Å². The molecule has 8 nitrogen and oxygen atoms in total. The van der Waals surface area contributed by atoms with Gasteiger partial charge in [-0.2, -0.15) is 0 Å². The molecule has 2 aromatic carbocycles. The van der Waals surface area contributed by atoms with Crippen molar-refractivity contribution in [3.05, 3.63) is 77.2 Å². The number of halogens is 1. The van der Waals surface area contributed by atoms with E-state index in [9.17, 15) is 14.0 Å². The van der Waals surface area contributed by atoms with Crippen LogP contribution >= 0.6 is 0 Å². The van der Waals surface area contributed by atoms with E-state index in [2.05, 4.69) is 20.9 Å². The zero-order chi connectivity index (χ0) is 24.4. The summed E-state index contributed by atoms with van der Waals surface area (Å²) in [7, 11) is 3.45. The zero-order valence-electron chi connectivity index (χ0n) is 19.5. The van der Waals surface area contributed by atoms with Gasteiger partial charge in [-0.1, -0.05) is 30.3 Å². The molecule has 0 bridgehead atoms. The number of aromatic nitrogens is 1. The number of nitrogens with zero attached hydrogens (tertiary/aromatic N) is 3. The van der Waals surface area contributed by atoms with Crippen LogP contribution in [0.25, 0.3) is 0 Å². The van der Waals surface area contributed by atoms with Crippen LogP contribution in [0.5, 0.6) is 0 Å². The van der Waals surface area contributed by atoms with Gasteiger partial charge in [0, 0.05) is 31.9 Å². The molecule has 4 amide bonds. The number of pyridine rings is 1. The van der Waals surface area contributed by atoms with Crippen molar-refractivity contribution in [3.8, 4) is 0 Å². The number of aryl methyl sites for hydroxylation is 1. The van der Waals surface area contributed by atoms with E-state index in [1.54, 1.807) is 32.1 Å². The Balaban J connectivity index is 1.58. The lowest BCUT2D eigenvalue weighted by atomic mass is 10.1. The second kappa shape index (κ2) is 9.38. The molecule has 0 saturated carbocycles. The fraction of sp³-hybridized carbons (Fsp3) is 0.240. The molecule has 0 fully saturated rings. The summed E-state index contributed by atoms with van der Waals surface area (Å²) in [6.45, 7) is 3.85. The molecule has 0 aliphatic carbocycles. The zero-order valence-corrected chi connectivity index (χ0v) is 19.5. The number of anilines is 4. The Kier molecular flexibility index (Phi) is 6.36. The van der Waals surface area contributed by atoms with Crippen molar-refractivity contribution in [1.82, 2.24) is 10.3 Å². The van der Waals surface area contributed by atoms with Crippen molar-refractivity contribution >= 4 is 34.9 Å². The Hall–Kier alpha value is -4.14. The summed E-state index contributed by atoms with van der Waals surface area (Å²) >= 11 is 0. The molecular formula is C25H27FN6O2. The highest BCUT2D eigenvalue weighted by atomic mass is 19.1. The highest BCUT2D eigenvalue weighted by Crippen LogP contribution is 2.35. The number of amides is 4. The highest BCUT2D eigenvalue weighted by Gasteiger charge is 2.31. The molecule has 34 heavy (non-hydrogen) atoms. The van der Waals surface area contributed by atoms with Crippen molar-refractivity contribution in [1.29, 1.82) is 0 Å². The molecule has 1 aliphatic rings. The van der Waals surface area contributed by atoms with Gasteiger partial charge in [0.2, 0.25) is 0 Å². The monoisotopic (exact) mass is 462 g/mol. The maximum Gasteiger partial charge on any atom is 0.329 e. The lowest BCUT2D eigenvalue weighted by Gasteiger charge is -2.36. The number of nitrogens with one attached hydrogen (secondary N) is 3. The third-order valence-corrected chi connectivity index (χ3v) is 5.90. The fourth-order valence-electron chi connectivity index (χ4n) is 3.98. The van der Waals surface area contributed by atoms with Crippen LogP contribution in [0.2, 0.25) is 0 Å². The molecule has 1 aromatic heterocycles. The summed E-state index contributed by atoms with van der Waals surface area (Å²) in [6, 6.07) is 13.0. The van der Waals surface area contributed by atoms with Gasteiger partial charge in [0.1, 0.15) is 11.6 Å². The molecule has 0 unspecified atom stereocenters. The normalized spacial score (nSPS) is 13.9. The Morgan fingerprint density at radius 3 is 2.59 bits per heavy atom. The Bertz CT molecular complexity index is 1230. The molecule has 1 atom stereocenters. The molecule has 0 spiro atoms. The highest BCUT2D eigenvalue weighted by molar-refractivity contribution is 6.06. The summed E-state index contributed by atoms with van der Waals surface area (Å²) in [5, 5.41) is 8.36. The molecule has 9 heteroatoms. The fourth-order valence-corrected chi connectivity index (χ4v) is 3.98. The first-order valence-corrected chi connectivity index (χ1v) is 10.9. The number of rotatable bonds is 5. The Morgan fingerprint density at radius 2 is 1.88 bits per heavy atom. The molecule has 176 valence electrons. The average Bonchev–Trinajstić information content (AvgIpc) is 2.83. The first kappa shape index (κ1) is 23.0. The van der Waals surface area contributed by atoms with E-state index in [1.807, 2.05) is 43.3 Å². The van der Waals surface area contributed by atoms with E-state index in [0.29, 0.717) is 17.1 Å². The minimum absolute atomic E-state index is 0.0109. The van der Waals surface area contributed by atoms with Gasteiger partial charge in [0.05, 0.1) is 29.6 Å². The number of carbonyl (C=O) groups excluding carboxylic acids is 2. The summed E-state index contributed by atoms with van der Waals surface area (Å²) in [5.41, 5.74) is 3.61. The van der Waals surface area contributed by atoms with E-state index >= 15 is 0 Å². The number of carbonyl (C=O) groups is 2. The number of hydrogen-bond acceptors (Lipinski definition) is 4. The van der Waals surface area contributed by atoms with Crippen LogP contribution in [0.4, 0.5) is 36.9 Å². The first-order valence-electron chi connectivity index (χ1n) is 10.9. The van der Waals surface area contributed by atoms with Crippen molar-refractivity contribution in [2.24, 2.45) is 0 Å². The second-order valence-electron chi connectivity index (χ2n) is 8.23. The van der Waals surface area contributed by atoms with Crippen LogP contribution in [-0.4, -0.2) is 31.1 Å². The molecule has 1 aliphatic heterocycles. The van der Waals surface area contributed by atoms with Gasteiger partial charge in [0.15, 0.2) is 0 Å². The van der Waals surface area contributed by atoms with Gasteiger partial charge in [-0.25, -0.2) is 19.0 Å². The lowest BCUT2D eigenvalue weighted by molar-refractivity contribution is 0.249. The molecule has 2 heterocycles. The molecule has 0 radical (unpaired) electrons. The quantitative estimate of drug-likeness (QED) is 0.496. The van der Waals surface area contributed by atoms with Crippen LogP contribution in [0.15, 0.2) is 54.7 Å². The van der Waals surface area contributed by atoms with E-state index in [0.717, 1.165) is 16.8 Å². The third-order valence-electron chi connectivity index (χ3n) is 5.90. The van der Waals surface area contributed by atoms with Gasteiger partial charge >= 0.3 is 12.1 Å². The Labute approximate surface area is 197 Å². The summed E-state index contributed by atoms with van der Waals surface area (Å²) < 4.78 is 14.7. The summed E-state index contributed by atoms with van der Waals surface area (Å²) in [4.78, 5) is 33.2. The smallest absolute Gasteiger partial charge is 0.329 e. The number of benzene rings is 2. The van der Waals surface area contributed by atoms with Crippen LogP contribution in [-0.2, 0) is 6.54 Å². The SMILES string of the molecule is CNc1cc2c(cn1)CN(c1cc(NC(=O)N[C@@H](C)c3ccccc3)c(F)cc1C)C(=O)N2C. The third kappa shape index (κ3) is 4.50.